The fourth-order valence-corrected chi connectivity index (χ4v) is 3.33. The van der Waals surface area contributed by atoms with Gasteiger partial charge >= 0.3 is 0 Å². The summed E-state index contributed by atoms with van der Waals surface area (Å²) in [4.78, 5) is 12.1. The summed E-state index contributed by atoms with van der Waals surface area (Å²) in [6.07, 6.45) is 0. The number of halogens is 1. The fraction of sp³-hybridized carbons (Fsp3) is 0.250. The van der Waals surface area contributed by atoms with Crippen molar-refractivity contribution < 1.29 is 9.53 Å². The molecule has 3 aromatic rings. The average Bonchev–Trinajstić information content (AvgIpc) is 3.02. The number of ether oxygens (including phenoxy) is 1. The highest BCUT2D eigenvalue weighted by Crippen LogP contribution is 2.26. The van der Waals surface area contributed by atoms with Gasteiger partial charge in [-0.1, -0.05) is 47.1 Å². The van der Waals surface area contributed by atoms with Crippen LogP contribution in [0.4, 0.5) is 5.69 Å². The van der Waals surface area contributed by atoms with Gasteiger partial charge in [0.25, 0.3) is 0 Å². The molecule has 1 aromatic heterocycles. The van der Waals surface area contributed by atoms with Crippen LogP contribution in [0.1, 0.15) is 17.0 Å². The van der Waals surface area contributed by atoms with E-state index in [-0.39, 0.29) is 18.3 Å². The molecular weight excluding hydrogens is 396 g/mol. The summed E-state index contributed by atoms with van der Waals surface area (Å²) in [7, 11) is 1.84. The van der Waals surface area contributed by atoms with Gasteiger partial charge in [0.1, 0.15) is 12.4 Å². The van der Waals surface area contributed by atoms with Crippen molar-refractivity contribution in [2.24, 2.45) is 7.05 Å². The van der Waals surface area contributed by atoms with E-state index in [2.05, 4.69) is 15.5 Å². The number of amides is 1. The molecule has 0 radical (unpaired) electrons. The maximum absolute atomic E-state index is 12.1. The van der Waals surface area contributed by atoms with Crippen LogP contribution in [0.5, 0.6) is 5.75 Å². The van der Waals surface area contributed by atoms with Gasteiger partial charge in [0.2, 0.25) is 5.91 Å². The molecule has 146 valence electrons. The summed E-state index contributed by atoms with van der Waals surface area (Å²) in [5.41, 5.74) is 2.99. The number of anilines is 1. The number of carbonyl (C=O) groups is 1. The summed E-state index contributed by atoms with van der Waals surface area (Å²) >= 11 is 7.47. The molecule has 0 spiro atoms. The summed E-state index contributed by atoms with van der Waals surface area (Å²) < 4.78 is 7.58. The monoisotopic (exact) mass is 416 g/mol. The molecule has 0 aliphatic rings. The molecule has 0 aliphatic carbocycles. The quantitative estimate of drug-likeness (QED) is 0.578. The van der Waals surface area contributed by atoms with E-state index >= 15 is 0 Å². The van der Waals surface area contributed by atoms with Crippen LogP contribution in [0.3, 0.4) is 0 Å². The van der Waals surface area contributed by atoms with E-state index in [1.165, 1.54) is 11.8 Å². The summed E-state index contributed by atoms with van der Waals surface area (Å²) in [5.74, 6) is 1.40. The van der Waals surface area contributed by atoms with Crippen LogP contribution in [0, 0.1) is 13.8 Å². The Morgan fingerprint density at radius 2 is 1.86 bits per heavy atom. The minimum Gasteiger partial charge on any atom is -0.484 e. The molecule has 1 heterocycles. The number of hydrogen-bond donors (Lipinski definition) is 1. The van der Waals surface area contributed by atoms with E-state index in [9.17, 15) is 4.79 Å². The van der Waals surface area contributed by atoms with Crippen molar-refractivity contribution in [3.05, 3.63) is 64.4 Å². The van der Waals surface area contributed by atoms with Crippen LogP contribution < -0.4 is 10.1 Å². The van der Waals surface area contributed by atoms with Crippen molar-refractivity contribution in [3.63, 3.8) is 0 Å². The van der Waals surface area contributed by atoms with Crippen molar-refractivity contribution in [1.29, 1.82) is 0 Å². The lowest BCUT2D eigenvalue weighted by Crippen LogP contribution is -2.14. The van der Waals surface area contributed by atoms with Crippen LogP contribution >= 0.6 is 23.4 Å². The molecule has 6 nitrogen and oxygen atoms in total. The van der Waals surface area contributed by atoms with Gasteiger partial charge in [-0.2, -0.15) is 0 Å². The van der Waals surface area contributed by atoms with E-state index in [0.29, 0.717) is 21.8 Å². The van der Waals surface area contributed by atoms with Gasteiger partial charge in [-0.25, -0.2) is 0 Å². The molecule has 28 heavy (non-hydrogen) atoms. The Balaban J connectivity index is 1.54. The number of thioether (sulfide) groups is 1. The van der Waals surface area contributed by atoms with Gasteiger partial charge in [0.15, 0.2) is 11.0 Å². The Labute approximate surface area is 173 Å². The standard InChI is InChI=1S/C20H21ClN4O2S/c1-13-4-7-15(8-5-13)22-19(26)12-28-20-24-23-18(25(20)3)11-27-17-10-14(2)6-9-16(17)21/h4-10H,11-12H2,1-3H3,(H,22,26). The minimum absolute atomic E-state index is 0.0961. The topological polar surface area (TPSA) is 69.0 Å². The second-order valence-corrected chi connectivity index (χ2v) is 7.73. The first-order valence-corrected chi connectivity index (χ1v) is 10.1. The first-order valence-electron chi connectivity index (χ1n) is 8.69. The van der Waals surface area contributed by atoms with Crippen LogP contribution in [0.25, 0.3) is 0 Å². The van der Waals surface area contributed by atoms with Gasteiger partial charge in [0.05, 0.1) is 10.8 Å². The van der Waals surface area contributed by atoms with Crippen LogP contribution in [0.15, 0.2) is 47.6 Å². The molecule has 0 aliphatic heterocycles. The molecule has 0 atom stereocenters. The highest BCUT2D eigenvalue weighted by Gasteiger charge is 2.13. The second kappa shape index (κ2) is 9.12. The first kappa shape index (κ1) is 20.2. The zero-order chi connectivity index (χ0) is 20.1. The summed E-state index contributed by atoms with van der Waals surface area (Å²) in [6.45, 7) is 4.22. The maximum Gasteiger partial charge on any atom is 0.234 e. The largest absolute Gasteiger partial charge is 0.484 e. The molecule has 2 aromatic carbocycles. The molecule has 8 heteroatoms. The smallest absolute Gasteiger partial charge is 0.234 e. The Kier molecular flexibility index (Phi) is 6.59. The zero-order valence-electron chi connectivity index (χ0n) is 15.9. The van der Waals surface area contributed by atoms with Crippen molar-refractivity contribution >= 4 is 35.0 Å². The Morgan fingerprint density at radius 1 is 1.14 bits per heavy atom. The molecule has 0 saturated carbocycles. The minimum atomic E-state index is -0.0961. The van der Waals surface area contributed by atoms with Gasteiger partial charge in [0, 0.05) is 12.7 Å². The van der Waals surface area contributed by atoms with Crippen molar-refractivity contribution in [2.45, 2.75) is 25.6 Å². The van der Waals surface area contributed by atoms with Crippen LogP contribution in [-0.2, 0) is 18.4 Å². The van der Waals surface area contributed by atoms with Gasteiger partial charge in [-0.15, -0.1) is 10.2 Å². The van der Waals surface area contributed by atoms with Gasteiger partial charge < -0.3 is 14.6 Å². The second-order valence-electron chi connectivity index (χ2n) is 6.38. The van der Waals surface area contributed by atoms with Crippen molar-refractivity contribution in [1.82, 2.24) is 14.8 Å². The van der Waals surface area contributed by atoms with E-state index in [0.717, 1.165) is 16.8 Å². The third-order valence-electron chi connectivity index (χ3n) is 4.04. The lowest BCUT2D eigenvalue weighted by molar-refractivity contribution is -0.113. The van der Waals surface area contributed by atoms with E-state index in [1.807, 2.05) is 61.9 Å². The van der Waals surface area contributed by atoms with Crippen LogP contribution in [-0.4, -0.2) is 26.4 Å². The predicted octanol–water partition coefficient (Wildman–Crippen LogP) is 4.40. The first-order chi connectivity index (χ1) is 13.4. The normalized spacial score (nSPS) is 10.7. The fourth-order valence-electron chi connectivity index (χ4n) is 2.42. The molecule has 0 fully saturated rings. The number of aryl methyl sites for hydroxylation is 2. The number of nitrogens with zero attached hydrogens (tertiary/aromatic N) is 3. The summed E-state index contributed by atoms with van der Waals surface area (Å²) in [5, 5.41) is 12.4. The Bertz CT molecular complexity index is 973. The van der Waals surface area contributed by atoms with E-state index < -0.39 is 0 Å². The third kappa shape index (κ3) is 5.27. The molecule has 3 rings (SSSR count). The average molecular weight is 417 g/mol. The predicted molar refractivity (Wildman–Crippen MR) is 112 cm³/mol. The number of carbonyl (C=O) groups excluding carboxylic acids is 1. The maximum atomic E-state index is 12.1. The molecule has 1 amide bonds. The molecule has 0 saturated heterocycles. The van der Waals surface area contributed by atoms with Gasteiger partial charge in [-0.05, 0) is 43.7 Å². The highest BCUT2D eigenvalue weighted by atomic mass is 35.5. The SMILES string of the molecule is Cc1ccc(NC(=O)CSc2nnc(COc3cc(C)ccc3Cl)n2C)cc1. The Hall–Kier alpha value is -2.51. The van der Waals surface area contributed by atoms with E-state index in [4.69, 9.17) is 16.3 Å². The van der Waals surface area contributed by atoms with Gasteiger partial charge in [-0.3, -0.25) is 4.79 Å². The highest BCUT2D eigenvalue weighted by molar-refractivity contribution is 7.99. The number of rotatable bonds is 7. The Morgan fingerprint density at radius 3 is 2.61 bits per heavy atom. The number of hydrogen-bond acceptors (Lipinski definition) is 5. The number of nitrogens with one attached hydrogen (secondary N) is 1. The van der Waals surface area contributed by atoms with Crippen molar-refractivity contribution in [3.8, 4) is 5.75 Å². The van der Waals surface area contributed by atoms with E-state index in [1.54, 1.807) is 6.07 Å². The zero-order valence-corrected chi connectivity index (χ0v) is 17.5. The lowest BCUT2D eigenvalue weighted by Gasteiger charge is -2.09. The molecule has 0 bridgehead atoms. The molecule has 0 unspecified atom stereocenters. The third-order valence-corrected chi connectivity index (χ3v) is 5.37. The number of benzene rings is 2. The molecule has 1 N–H and O–H groups in total. The van der Waals surface area contributed by atoms with Crippen LogP contribution in [0.2, 0.25) is 5.02 Å². The number of aromatic nitrogens is 3. The summed E-state index contributed by atoms with van der Waals surface area (Å²) in [6, 6.07) is 13.3. The molecular formula is C20H21ClN4O2S. The lowest BCUT2D eigenvalue weighted by atomic mass is 10.2. The van der Waals surface area contributed by atoms with Crippen molar-refractivity contribution in [2.75, 3.05) is 11.1 Å².